The largest absolute Gasteiger partial charge is 0.481 e. The molecule has 2 atom stereocenters. The summed E-state index contributed by atoms with van der Waals surface area (Å²) in [7, 11) is 0. The third-order valence-corrected chi connectivity index (χ3v) is 7.01. The number of carbonyl (C=O) groups is 2. The minimum absolute atomic E-state index is 0.101. The van der Waals surface area contributed by atoms with Crippen LogP contribution in [0.1, 0.15) is 41.6 Å². The second-order valence-corrected chi connectivity index (χ2v) is 8.90. The topological polar surface area (TPSA) is 94.6 Å². The fourth-order valence-corrected chi connectivity index (χ4v) is 5.19. The van der Waals surface area contributed by atoms with E-state index in [9.17, 15) is 14.7 Å². The highest BCUT2D eigenvalue weighted by Gasteiger charge is 2.60. The van der Waals surface area contributed by atoms with Crippen LogP contribution in [-0.4, -0.2) is 46.6 Å². The van der Waals surface area contributed by atoms with Gasteiger partial charge >= 0.3 is 12.0 Å². The summed E-state index contributed by atoms with van der Waals surface area (Å²) in [6.45, 7) is 2.55. The fraction of sp³-hybridized carbons (Fsp3) is 0.458. The molecule has 7 nitrogen and oxygen atoms in total. The Morgan fingerprint density at radius 2 is 2.10 bits per heavy atom. The van der Waals surface area contributed by atoms with Crippen LogP contribution in [0.4, 0.5) is 10.6 Å². The number of anilines is 1. The van der Waals surface area contributed by atoms with Gasteiger partial charge in [-0.05, 0) is 48.4 Å². The molecule has 1 saturated carbocycles. The van der Waals surface area contributed by atoms with Crippen LogP contribution in [-0.2, 0) is 29.6 Å². The maximum atomic E-state index is 12.9. The van der Waals surface area contributed by atoms with Crippen LogP contribution in [0.25, 0.3) is 0 Å². The van der Waals surface area contributed by atoms with Crippen LogP contribution >= 0.6 is 0 Å². The van der Waals surface area contributed by atoms with Gasteiger partial charge in [0.25, 0.3) is 0 Å². The van der Waals surface area contributed by atoms with Crippen LogP contribution in [0, 0.1) is 5.92 Å². The molecule has 1 aromatic carbocycles. The van der Waals surface area contributed by atoms with E-state index in [1.165, 1.54) is 5.56 Å². The molecule has 31 heavy (non-hydrogen) atoms. The van der Waals surface area contributed by atoms with Crippen molar-refractivity contribution in [2.75, 3.05) is 25.0 Å². The standard InChI is InChI=1S/C24H28N4O3/c29-22(30)20-14-24(20)10-13-28(15-17-4-1-2-6-19(17)24)23(31)26-12-9-18-8-7-16-5-3-11-25-21(16)27-18/h1-2,4,6-8,20H,3,5,9-15H2,(H,25,27)(H,26,31)(H,29,30). The maximum Gasteiger partial charge on any atom is 0.317 e. The summed E-state index contributed by atoms with van der Waals surface area (Å²) in [6.07, 6.45) is 4.22. The Balaban J connectivity index is 1.22. The van der Waals surface area contributed by atoms with Gasteiger partial charge in [0.15, 0.2) is 0 Å². The first-order chi connectivity index (χ1) is 15.1. The molecule has 2 amide bonds. The number of benzene rings is 1. The quantitative estimate of drug-likeness (QED) is 0.707. The number of aryl methyl sites for hydroxylation is 1. The summed E-state index contributed by atoms with van der Waals surface area (Å²) in [5, 5.41) is 15.9. The van der Waals surface area contributed by atoms with Crippen molar-refractivity contribution in [3.63, 3.8) is 0 Å². The monoisotopic (exact) mass is 420 g/mol. The minimum Gasteiger partial charge on any atom is -0.481 e. The van der Waals surface area contributed by atoms with Gasteiger partial charge in [-0.2, -0.15) is 0 Å². The van der Waals surface area contributed by atoms with E-state index >= 15 is 0 Å². The Morgan fingerprint density at radius 3 is 2.94 bits per heavy atom. The molecular formula is C24H28N4O3. The van der Waals surface area contributed by atoms with E-state index < -0.39 is 5.97 Å². The number of aliphatic carboxylic acids is 1. The molecule has 3 N–H and O–H groups in total. The lowest BCUT2D eigenvalue weighted by molar-refractivity contribution is -0.139. The number of hydrogen-bond donors (Lipinski definition) is 3. The van der Waals surface area contributed by atoms with Crippen molar-refractivity contribution in [1.29, 1.82) is 0 Å². The van der Waals surface area contributed by atoms with Crippen molar-refractivity contribution >= 4 is 17.8 Å². The Bertz CT molecular complexity index is 1020. The number of carbonyl (C=O) groups excluding carboxylic acids is 1. The molecular weight excluding hydrogens is 392 g/mol. The fourth-order valence-electron chi connectivity index (χ4n) is 5.19. The minimum atomic E-state index is -0.736. The van der Waals surface area contributed by atoms with Gasteiger partial charge in [-0.15, -0.1) is 0 Å². The summed E-state index contributed by atoms with van der Waals surface area (Å²) in [6, 6.07) is 12.1. The van der Waals surface area contributed by atoms with Crippen LogP contribution in [0.2, 0.25) is 0 Å². The van der Waals surface area contributed by atoms with Gasteiger partial charge in [0, 0.05) is 43.7 Å². The number of rotatable bonds is 4. The molecule has 2 aromatic rings. The number of pyridine rings is 1. The van der Waals surface area contributed by atoms with Crippen LogP contribution < -0.4 is 10.6 Å². The molecule has 1 aromatic heterocycles. The average molecular weight is 421 g/mol. The van der Waals surface area contributed by atoms with E-state index in [4.69, 9.17) is 0 Å². The SMILES string of the molecule is O=C(O)C1CC12CCN(C(=O)NCCc1ccc3c(n1)NCCC3)Cc1ccccc12. The summed E-state index contributed by atoms with van der Waals surface area (Å²) < 4.78 is 0. The van der Waals surface area contributed by atoms with Crippen molar-refractivity contribution in [3.8, 4) is 0 Å². The number of urea groups is 1. The van der Waals surface area contributed by atoms with Gasteiger partial charge < -0.3 is 20.6 Å². The number of hydrogen-bond acceptors (Lipinski definition) is 4. The molecule has 5 rings (SSSR count). The van der Waals surface area contributed by atoms with E-state index in [-0.39, 0.29) is 17.4 Å². The van der Waals surface area contributed by atoms with E-state index in [0.29, 0.717) is 38.9 Å². The molecule has 0 saturated heterocycles. The number of aromatic nitrogens is 1. The van der Waals surface area contributed by atoms with E-state index in [1.807, 2.05) is 35.2 Å². The molecule has 1 spiro atoms. The third-order valence-electron chi connectivity index (χ3n) is 7.01. The predicted molar refractivity (Wildman–Crippen MR) is 117 cm³/mol. The first-order valence-electron chi connectivity index (χ1n) is 11.1. The molecule has 162 valence electrons. The zero-order valence-electron chi connectivity index (χ0n) is 17.6. The number of nitrogens with zero attached hydrogens (tertiary/aromatic N) is 2. The number of nitrogens with one attached hydrogen (secondary N) is 2. The normalized spacial score (nSPS) is 23.9. The molecule has 3 aliphatic rings. The van der Waals surface area contributed by atoms with Gasteiger partial charge in [0.2, 0.25) is 0 Å². The first kappa shape index (κ1) is 19.8. The van der Waals surface area contributed by atoms with Crippen molar-refractivity contribution in [3.05, 3.63) is 58.8 Å². The summed E-state index contributed by atoms with van der Waals surface area (Å²) in [5.41, 5.74) is 4.06. The lowest BCUT2D eigenvalue weighted by Gasteiger charge is -2.22. The van der Waals surface area contributed by atoms with Crippen molar-refractivity contribution in [2.45, 2.75) is 44.1 Å². The average Bonchev–Trinajstić information content (AvgIpc) is 3.55. The van der Waals surface area contributed by atoms with Crippen molar-refractivity contribution in [2.24, 2.45) is 5.92 Å². The van der Waals surface area contributed by atoms with E-state index in [0.717, 1.165) is 42.0 Å². The van der Waals surface area contributed by atoms with Gasteiger partial charge in [-0.25, -0.2) is 9.78 Å². The van der Waals surface area contributed by atoms with Gasteiger partial charge in [0.1, 0.15) is 5.82 Å². The first-order valence-corrected chi connectivity index (χ1v) is 11.1. The van der Waals surface area contributed by atoms with E-state index in [2.05, 4.69) is 21.7 Å². The van der Waals surface area contributed by atoms with Gasteiger partial charge in [-0.1, -0.05) is 30.3 Å². The lowest BCUT2D eigenvalue weighted by Crippen LogP contribution is -2.40. The molecule has 0 radical (unpaired) electrons. The van der Waals surface area contributed by atoms with Crippen LogP contribution in [0.15, 0.2) is 36.4 Å². The Hall–Kier alpha value is -3.09. The van der Waals surface area contributed by atoms with Gasteiger partial charge in [-0.3, -0.25) is 4.79 Å². The molecule has 1 fully saturated rings. The Morgan fingerprint density at radius 1 is 1.23 bits per heavy atom. The highest BCUT2D eigenvalue weighted by atomic mass is 16.4. The summed E-state index contributed by atoms with van der Waals surface area (Å²) in [4.78, 5) is 31.0. The third kappa shape index (κ3) is 3.73. The van der Waals surface area contributed by atoms with Crippen LogP contribution in [0.5, 0.6) is 0 Å². The Kier molecular flexibility index (Phi) is 5.04. The zero-order chi connectivity index (χ0) is 21.4. The van der Waals surface area contributed by atoms with E-state index in [1.54, 1.807) is 0 Å². The van der Waals surface area contributed by atoms with Crippen molar-refractivity contribution < 1.29 is 14.7 Å². The molecule has 1 aliphatic carbocycles. The van der Waals surface area contributed by atoms with Crippen molar-refractivity contribution in [1.82, 2.24) is 15.2 Å². The second kappa shape index (κ2) is 7.87. The number of carboxylic acids is 1. The highest BCUT2D eigenvalue weighted by Crippen LogP contribution is 2.58. The van der Waals surface area contributed by atoms with Gasteiger partial charge in [0.05, 0.1) is 5.92 Å². The number of fused-ring (bicyclic) bond motifs is 3. The molecule has 7 heteroatoms. The molecule has 3 heterocycles. The smallest absolute Gasteiger partial charge is 0.317 e. The number of amides is 2. The van der Waals surface area contributed by atoms with Crippen LogP contribution in [0.3, 0.4) is 0 Å². The maximum absolute atomic E-state index is 12.9. The number of carboxylic acid groups (broad SMARTS) is 1. The zero-order valence-corrected chi connectivity index (χ0v) is 17.6. The second-order valence-electron chi connectivity index (χ2n) is 8.90. The molecule has 2 aliphatic heterocycles. The molecule has 2 unspecified atom stereocenters. The highest BCUT2D eigenvalue weighted by molar-refractivity contribution is 5.78. The Labute approximate surface area is 181 Å². The summed E-state index contributed by atoms with van der Waals surface area (Å²) >= 11 is 0. The summed E-state index contributed by atoms with van der Waals surface area (Å²) in [5.74, 6) is -0.109. The lowest BCUT2D eigenvalue weighted by atomic mass is 9.87. The predicted octanol–water partition coefficient (Wildman–Crippen LogP) is 2.94. The molecule has 0 bridgehead atoms.